The Hall–Kier alpha value is -2.66. The Bertz CT molecular complexity index is 924. The maximum atomic E-state index is 13.4. The first kappa shape index (κ1) is 23.0. The molecule has 0 aliphatic carbocycles. The van der Waals surface area contributed by atoms with E-state index < -0.39 is 5.41 Å². The Labute approximate surface area is 186 Å². The summed E-state index contributed by atoms with van der Waals surface area (Å²) in [5, 5.41) is 0. The number of carbonyl (C=O) groups excluding carboxylic acids is 2. The Morgan fingerprint density at radius 1 is 1.10 bits per heavy atom. The summed E-state index contributed by atoms with van der Waals surface area (Å²) >= 11 is 0. The molecular weight excluding hydrogens is 388 g/mol. The molecule has 1 aliphatic rings. The van der Waals surface area contributed by atoms with Crippen LogP contribution < -0.4 is 0 Å². The molecule has 1 atom stereocenters. The van der Waals surface area contributed by atoms with Crippen molar-refractivity contribution in [2.24, 2.45) is 5.41 Å². The number of likely N-dealkylation sites (tertiary alicyclic amines) is 1. The molecule has 5 heteroatoms. The molecule has 1 fully saturated rings. The van der Waals surface area contributed by atoms with Crippen LogP contribution in [-0.4, -0.2) is 62.5 Å². The fraction of sp³-hybridized carbons (Fsp3) is 0.462. The second-order valence-corrected chi connectivity index (χ2v) is 8.89. The van der Waals surface area contributed by atoms with E-state index in [1.807, 2.05) is 4.90 Å². The van der Waals surface area contributed by atoms with E-state index in [4.69, 9.17) is 4.74 Å². The highest BCUT2D eigenvalue weighted by Crippen LogP contribution is 2.36. The number of piperidine rings is 1. The zero-order valence-electron chi connectivity index (χ0n) is 19.2. The minimum absolute atomic E-state index is 0.0611. The second-order valence-electron chi connectivity index (χ2n) is 8.89. The average molecular weight is 423 g/mol. The van der Waals surface area contributed by atoms with Gasteiger partial charge in [-0.05, 0) is 42.9 Å². The number of methoxy groups -OCH3 is 1. The predicted octanol–water partition coefficient (Wildman–Crippen LogP) is 3.94. The first-order valence-electron chi connectivity index (χ1n) is 11.0. The van der Waals surface area contributed by atoms with Gasteiger partial charge in [0, 0.05) is 34.3 Å². The van der Waals surface area contributed by atoms with Crippen molar-refractivity contribution in [1.82, 2.24) is 9.80 Å². The fourth-order valence-electron chi connectivity index (χ4n) is 4.64. The van der Waals surface area contributed by atoms with Gasteiger partial charge in [-0.3, -0.25) is 9.59 Å². The molecule has 0 spiro atoms. The number of benzene rings is 2. The number of carbonyl (C=O) groups is 2. The molecule has 5 nitrogen and oxygen atoms in total. The van der Waals surface area contributed by atoms with Gasteiger partial charge in [0.25, 0.3) is 0 Å². The average Bonchev–Trinajstić information content (AvgIpc) is 2.77. The number of nitrogens with zero attached hydrogens (tertiary/aromatic N) is 2. The van der Waals surface area contributed by atoms with E-state index in [1.54, 1.807) is 26.1 Å². The van der Waals surface area contributed by atoms with Crippen molar-refractivity contribution in [1.29, 1.82) is 0 Å². The molecule has 0 N–H and O–H groups in total. The van der Waals surface area contributed by atoms with Gasteiger partial charge >= 0.3 is 0 Å². The number of amides is 2. The zero-order chi connectivity index (χ0) is 22.4. The van der Waals surface area contributed by atoms with E-state index in [0.29, 0.717) is 32.5 Å². The predicted molar refractivity (Wildman–Crippen MR) is 124 cm³/mol. The molecule has 166 valence electrons. The van der Waals surface area contributed by atoms with Crippen molar-refractivity contribution < 1.29 is 14.3 Å². The quantitative estimate of drug-likeness (QED) is 0.679. The second kappa shape index (κ2) is 10.1. The zero-order valence-corrected chi connectivity index (χ0v) is 19.2. The highest BCUT2D eigenvalue weighted by Gasteiger charge is 2.44. The maximum absolute atomic E-state index is 13.4. The Balaban J connectivity index is 1.89. The molecule has 0 radical (unpaired) electrons. The van der Waals surface area contributed by atoms with E-state index in [0.717, 1.165) is 24.0 Å². The molecule has 1 aliphatic heterocycles. The van der Waals surface area contributed by atoms with Crippen LogP contribution in [0, 0.1) is 12.3 Å². The number of hydrogen-bond donors (Lipinski definition) is 0. The molecule has 2 aromatic rings. The van der Waals surface area contributed by atoms with Gasteiger partial charge in [-0.25, -0.2) is 0 Å². The van der Waals surface area contributed by atoms with Gasteiger partial charge in [0.2, 0.25) is 11.8 Å². The largest absolute Gasteiger partial charge is 0.384 e. The summed E-state index contributed by atoms with van der Waals surface area (Å²) in [7, 11) is 5.21. The van der Waals surface area contributed by atoms with E-state index in [2.05, 4.69) is 55.5 Å². The van der Waals surface area contributed by atoms with E-state index >= 15 is 0 Å². The minimum atomic E-state index is -0.601. The standard InChI is InChI=1S/C26H34N2O3/c1-20-8-5-10-22(16-20)23-11-6-9-21(17-23)18-26(25(30)27(2)3)13-7-14-28(19-26)24(29)12-15-31-4/h5-6,8-11,16-17H,7,12-15,18-19H2,1-4H3/t26-/m0/s1. The SMILES string of the molecule is COCCC(=O)N1CCC[C@@](Cc2cccc(-c3cccc(C)c3)c2)(C(=O)N(C)C)C1. The molecule has 3 rings (SSSR count). The number of rotatable bonds is 7. The van der Waals surface area contributed by atoms with Gasteiger partial charge < -0.3 is 14.5 Å². The Morgan fingerprint density at radius 3 is 2.48 bits per heavy atom. The maximum Gasteiger partial charge on any atom is 0.230 e. The third-order valence-electron chi connectivity index (χ3n) is 6.13. The normalized spacial score (nSPS) is 18.6. The van der Waals surface area contributed by atoms with Crippen molar-refractivity contribution >= 4 is 11.8 Å². The highest BCUT2D eigenvalue weighted by molar-refractivity contribution is 5.85. The van der Waals surface area contributed by atoms with Crippen LogP contribution in [0.3, 0.4) is 0 Å². The van der Waals surface area contributed by atoms with Crippen molar-refractivity contribution in [3.63, 3.8) is 0 Å². The lowest BCUT2D eigenvalue weighted by atomic mass is 9.73. The van der Waals surface area contributed by atoms with Gasteiger partial charge in [0.15, 0.2) is 0 Å². The topological polar surface area (TPSA) is 49.9 Å². The van der Waals surface area contributed by atoms with Crippen LogP contribution in [0.25, 0.3) is 11.1 Å². The van der Waals surface area contributed by atoms with Gasteiger partial charge in [0.05, 0.1) is 18.4 Å². The van der Waals surface area contributed by atoms with Crippen LogP contribution >= 0.6 is 0 Å². The smallest absolute Gasteiger partial charge is 0.230 e. The molecular formula is C26H34N2O3. The third kappa shape index (κ3) is 5.53. The molecule has 2 aromatic carbocycles. The third-order valence-corrected chi connectivity index (χ3v) is 6.13. The summed E-state index contributed by atoms with van der Waals surface area (Å²) in [6.45, 7) is 3.66. The number of aryl methyl sites for hydroxylation is 1. The molecule has 1 heterocycles. The number of hydrogen-bond acceptors (Lipinski definition) is 3. The van der Waals surface area contributed by atoms with Crippen LogP contribution in [0.2, 0.25) is 0 Å². The summed E-state index contributed by atoms with van der Waals surface area (Å²) in [4.78, 5) is 29.6. The Morgan fingerprint density at radius 2 is 1.81 bits per heavy atom. The highest BCUT2D eigenvalue weighted by atomic mass is 16.5. The molecule has 2 amide bonds. The van der Waals surface area contributed by atoms with E-state index in [-0.39, 0.29) is 11.8 Å². The summed E-state index contributed by atoms with van der Waals surface area (Å²) in [5.41, 5.74) is 4.07. The van der Waals surface area contributed by atoms with E-state index in [1.165, 1.54) is 11.1 Å². The first-order chi connectivity index (χ1) is 14.8. The lowest BCUT2D eigenvalue weighted by molar-refractivity contribution is -0.147. The molecule has 1 saturated heterocycles. The van der Waals surface area contributed by atoms with Crippen LogP contribution in [0.15, 0.2) is 48.5 Å². The lowest BCUT2D eigenvalue weighted by Gasteiger charge is -2.43. The van der Waals surface area contributed by atoms with Crippen LogP contribution in [-0.2, 0) is 20.7 Å². The van der Waals surface area contributed by atoms with Gasteiger partial charge in [-0.15, -0.1) is 0 Å². The summed E-state index contributed by atoms with van der Waals surface area (Å²) in [5.74, 6) is 0.156. The number of ether oxygens (including phenoxy) is 1. The van der Waals surface area contributed by atoms with Gasteiger partial charge in [-0.2, -0.15) is 0 Å². The van der Waals surface area contributed by atoms with Crippen LogP contribution in [0.4, 0.5) is 0 Å². The molecule has 0 aromatic heterocycles. The Kier molecular flexibility index (Phi) is 7.50. The monoisotopic (exact) mass is 422 g/mol. The summed E-state index contributed by atoms with van der Waals surface area (Å²) in [6, 6.07) is 16.9. The molecule has 0 saturated carbocycles. The van der Waals surface area contributed by atoms with Crippen molar-refractivity contribution in [2.45, 2.75) is 32.6 Å². The van der Waals surface area contributed by atoms with Crippen molar-refractivity contribution in [2.75, 3.05) is 40.9 Å². The van der Waals surface area contributed by atoms with Gasteiger partial charge in [-0.1, -0.05) is 54.1 Å². The summed E-state index contributed by atoms with van der Waals surface area (Å²) in [6.07, 6.45) is 2.59. The summed E-state index contributed by atoms with van der Waals surface area (Å²) < 4.78 is 5.08. The minimum Gasteiger partial charge on any atom is -0.384 e. The fourth-order valence-corrected chi connectivity index (χ4v) is 4.64. The van der Waals surface area contributed by atoms with E-state index in [9.17, 15) is 9.59 Å². The van der Waals surface area contributed by atoms with Crippen molar-refractivity contribution in [3.8, 4) is 11.1 Å². The molecule has 31 heavy (non-hydrogen) atoms. The molecule has 0 unspecified atom stereocenters. The van der Waals surface area contributed by atoms with Crippen molar-refractivity contribution in [3.05, 3.63) is 59.7 Å². The first-order valence-corrected chi connectivity index (χ1v) is 11.0. The van der Waals surface area contributed by atoms with Crippen LogP contribution in [0.1, 0.15) is 30.4 Å². The lowest BCUT2D eigenvalue weighted by Crippen LogP contribution is -2.54. The molecule has 0 bridgehead atoms. The van der Waals surface area contributed by atoms with Gasteiger partial charge in [0.1, 0.15) is 0 Å². The van der Waals surface area contributed by atoms with Crippen LogP contribution in [0.5, 0.6) is 0 Å².